The second-order valence-corrected chi connectivity index (χ2v) is 12.0. The summed E-state index contributed by atoms with van der Waals surface area (Å²) in [5, 5.41) is 7.39. The van der Waals surface area contributed by atoms with E-state index in [1.807, 2.05) is 29.3 Å². The number of piperidine rings is 1. The molecular weight excluding hydrogens is 498 g/mol. The fourth-order valence-electron chi connectivity index (χ4n) is 7.12. The molecule has 2 aliphatic carbocycles. The Balaban J connectivity index is 1.13. The SMILES string of the molecule is NCC1CCCC(CNC(=O)C(Cc2c[nH]c3ccccc23)NC(=O)N2CCC3(C=Cc4ccccc43)CC2)C1. The van der Waals surface area contributed by atoms with Gasteiger partial charge in [0.05, 0.1) is 0 Å². The van der Waals surface area contributed by atoms with Gasteiger partial charge in [-0.3, -0.25) is 4.79 Å². The maximum absolute atomic E-state index is 13.6. The lowest BCUT2D eigenvalue weighted by atomic mass is 9.74. The third-order valence-electron chi connectivity index (χ3n) is 9.52. The molecule has 3 atom stereocenters. The van der Waals surface area contributed by atoms with Crippen LogP contribution in [0.2, 0.25) is 0 Å². The van der Waals surface area contributed by atoms with Crippen molar-refractivity contribution in [3.63, 3.8) is 0 Å². The molecular formula is C33H41N5O2. The molecule has 3 amide bonds. The van der Waals surface area contributed by atoms with Gasteiger partial charge in [-0.25, -0.2) is 4.79 Å². The van der Waals surface area contributed by atoms with Crippen LogP contribution in [0.15, 0.2) is 60.8 Å². The van der Waals surface area contributed by atoms with Crippen molar-refractivity contribution in [1.82, 2.24) is 20.5 Å². The zero-order valence-corrected chi connectivity index (χ0v) is 23.2. The molecule has 1 spiro atoms. The third-order valence-corrected chi connectivity index (χ3v) is 9.52. The summed E-state index contributed by atoms with van der Waals surface area (Å²) in [5.41, 5.74) is 10.7. The Hall–Kier alpha value is -3.58. The van der Waals surface area contributed by atoms with E-state index in [0.717, 1.165) is 48.6 Å². The predicted octanol–water partition coefficient (Wildman–Crippen LogP) is 4.73. The average Bonchev–Trinajstić information content (AvgIpc) is 3.57. The number of carbonyl (C=O) groups is 2. The van der Waals surface area contributed by atoms with E-state index in [2.05, 4.69) is 58.1 Å². The lowest BCUT2D eigenvalue weighted by Gasteiger charge is -2.39. The van der Waals surface area contributed by atoms with Crippen molar-refractivity contribution in [3.05, 3.63) is 77.5 Å². The van der Waals surface area contributed by atoms with Crippen LogP contribution < -0.4 is 16.4 Å². The number of nitrogens with one attached hydrogen (secondary N) is 3. The molecule has 2 heterocycles. The molecule has 210 valence electrons. The number of hydrogen-bond donors (Lipinski definition) is 4. The molecule has 7 nitrogen and oxygen atoms in total. The number of likely N-dealkylation sites (tertiary alicyclic amines) is 1. The first kappa shape index (κ1) is 26.6. The number of nitrogens with zero attached hydrogens (tertiary/aromatic N) is 1. The Morgan fingerprint density at radius 1 is 1.05 bits per heavy atom. The van der Waals surface area contributed by atoms with Crippen molar-refractivity contribution in [2.75, 3.05) is 26.2 Å². The van der Waals surface area contributed by atoms with E-state index >= 15 is 0 Å². The Morgan fingerprint density at radius 3 is 2.67 bits per heavy atom. The summed E-state index contributed by atoms with van der Waals surface area (Å²) in [6.07, 6.45) is 13.2. The molecule has 7 heteroatoms. The minimum Gasteiger partial charge on any atom is -0.361 e. The fraction of sp³-hybridized carbons (Fsp3) is 0.455. The van der Waals surface area contributed by atoms with Crippen LogP contribution in [0.5, 0.6) is 0 Å². The molecule has 40 heavy (non-hydrogen) atoms. The highest BCUT2D eigenvalue weighted by molar-refractivity contribution is 5.89. The van der Waals surface area contributed by atoms with Gasteiger partial charge in [0.15, 0.2) is 0 Å². The first-order valence-corrected chi connectivity index (χ1v) is 14.9. The van der Waals surface area contributed by atoms with Gasteiger partial charge in [-0.2, -0.15) is 0 Å². The molecule has 1 aromatic heterocycles. The molecule has 3 aliphatic rings. The van der Waals surface area contributed by atoms with Crippen molar-refractivity contribution in [1.29, 1.82) is 0 Å². The molecule has 0 radical (unpaired) electrons. The number of hydrogen-bond acceptors (Lipinski definition) is 3. The van der Waals surface area contributed by atoms with Gasteiger partial charge in [-0.15, -0.1) is 0 Å². The van der Waals surface area contributed by atoms with Gasteiger partial charge in [-0.05, 0) is 73.2 Å². The monoisotopic (exact) mass is 539 g/mol. The molecule has 1 saturated carbocycles. The van der Waals surface area contributed by atoms with Gasteiger partial charge in [0.25, 0.3) is 0 Å². The van der Waals surface area contributed by atoms with Crippen molar-refractivity contribution >= 4 is 28.9 Å². The van der Waals surface area contributed by atoms with Crippen LogP contribution in [0.25, 0.3) is 17.0 Å². The highest BCUT2D eigenvalue weighted by Gasteiger charge is 2.39. The fourth-order valence-corrected chi connectivity index (χ4v) is 7.12. The number of amides is 3. The van der Waals surface area contributed by atoms with Crippen LogP contribution >= 0.6 is 0 Å². The zero-order chi connectivity index (χ0) is 27.5. The van der Waals surface area contributed by atoms with Crippen molar-refractivity contribution in [2.24, 2.45) is 17.6 Å². The van der Waals surface area contributed by atoms with Crippen LogP contribution in [-0.4, -0.2) is 54.0 Å². The lowest BCUT2D eigenvalue weighted by Crippen LogP contribution is -2.55. The summed E-state index contributed by atoms with van der Waals surface area (Å²) in [5.74, 6) is 0.868. The first-order chi connectivity index (χ1) is 19.5. The Labute approximate surface area is 236 Å². The summed E-state index contributed by atoms with van der Waals surface area (Å²) in [6, 6.07) is 15.8. The van der Waals surface area contributed by atoms with Gasteiger partial charge >= 0.3 is 6.03 Å². The molecule has 6 rings (SSSR count). The first-order valence-electron chi connectivity index (χ1n) is 14.9. The lowest BCUT2D eigenvalue weighted by molar-refractivity contribution is -0.123. The van der Waals surface area contributed by atoms with E-state index in [9.17, 15) is 9.59 Å². The molecule has 1 saturated heterocycles. The number of carbonyl (C=O) groups excluding carboxylic acids is 2. The molecule has 3 aromatic rings. The number of nitrogens with two attached hydrogens (primary N) is 1. The van der Waals surface area contributed by atoms with Crippen molar-refractivity contribution < 1.29 is 9.59 Å². The van der Waals surface area contributed by atoms with E-state index in [-0.39, 0.29) is 17.4 Å². The highest BCUT2D eigenvalue weighted by Crippen LogP contribution is 2.43. The number of urea groups is 1. The maximum Gasteiger partial charge on any atom is 0.318 e. The second-order valence-electron chi connectivity index (χ2n) is 12.0. The number of fused-ring (bicyclic) bond motifs is 3. The smallest absolute Gasteiger partial charge is 0.318 e. The van der Waals surface area contributed by atoms with Gasteiger partial charge in [-0.1, -0.05) is 61.0 Å². The molecule has 3 unspecified atom stereocenters. The Kier molecular flexibility index (Phi) is 7.65. The van der Waals surface area contributed by atoms with Gasteiger partial charge in [0, 0.05) is 48.6 Å². The number of aromatic nitrogens is 1. The Bertz CT molecular complexity index is 1390. The molecule has 2 fully saturated rings. The minimum atomic E-state index is -0.649. The number of aromatic amines is 1. The quantitative estimate of drug-likeness (QED) is 0.349. The molecule has 0 bridgehead atoms. The van der Waals surface area contributed by atoms with Crippen LogP contribution in [0.4, 0.5) is 4.79 Å². The van der Waals surface area contributed by atoms with E-state index in [4.69, 9.17) is 5.73 Å². The average molecular weight is 540 g/mol. The van der Waals surface area contributed by atoms with Gasteiger partial charge in [0.2, 0.25) is 5.91 Å². The second kappa shape index (κ2) is 11.5. The van der Waals surface area contributed by atoms with Crippen LogP contribution in [0, 0.1) is 11.8 Å². The maximum atomic E-state index is 13.6. The number of allylic oxidation sites excluding steroid dienone is 1. The van der Waals surface area contributed by atoms with Crippen molar-refractivity contribution in [2.45, 2.75) is 56.4 Å². The summed E-state index contributed by atoms with van der Waals surface area (Å²) in [6.45, 7) is 2.67. The largest absolute Gasteiger partial charge is 0.361 e. The third kappa shape index (κ3) is 5.39. The zero-order valence-electron chi connectivity index (χ0n) is 23.2. The van der Waals surface area contributed by atoms with Crippen molar-refractivity contribution in [3.8, 4) is 0 Å². The molecule has 5 N–H and O–H groups in total. The predicted molar refractivity (Wildman–Crippen MR) is 160 cm³/mol. The topological polar surface area (TPSA) is 103 Å². The van der Waals surface area contributed by atoms with Crippen LogP contribution in [-0.2, 0) is 16.6 Å². The summed E-state index contributed by atoms with van der Waals surface area (Å²) in [4.78, 5) is 32.3. The number of para-hydroxylation sites is 1. The normalized spacial score (nSPS) is 22.3. The Morgan fingerprint density at radius 2 is 1.82 bits per heavy atom. The van der Waals surface area contributed by atoms with Crippen LogP contribution in [0.1, 0.15) is 55.2 Å². The van der Waals surface area contributed by atoms with Gasteiger partial charge in [0.1, 0.15) is 6.04 Å². The molecule has 1 aliphatic heterocycles. The summed E-state index contributed by atoms with van der Waals surface area (Å²) < 4.78 is 0. The minimum absolute atomic E-state index is 0.00950. The van der Waals surface area contributed by atoms with Crippen LogP contribution in [0.3, 0.4) is 0 Å². The number of H-pyrrole nitrogens is 1. The van der Waals surface area contributed by atoms with E-state index < -0.39 is 6.04 Å². The molecule has 2 aromatic carbocycles. The van der Waals surface area contributed by atoms with E-state index in [1.165, 1.54) is 17.5 Å². The summed E-state index contributed by atoms with van der Waals surface area (Å²) >= 11 is 0. The standard InChI is InChI=1S/C33H41N5O2/c34-20-23-6-5-7-24(18-23)21-36-31(39)30(19-26-22-35-29-11-4-2-9-27(26)29)37-32(40)38-16-14-33(15-17-38)13-12-25-8-1-3-10-28(25)33/h1-4,8-13,22-24,30,35H,5-7,14-21,34H2,(H,36,39)(H,37,40). The highest BCUT2D eigenvalue weighted by atomic mass is 16.2. The van der Waals surface area contributed by atoms with E-state index in [1.54, 1.807) is 0 Å². The number of rotatable bonds is 7. The van der Waals surface area contributed by atoms with E-state index in [0.29, 0.717) is 44.4 Å². The number of benzene rings is 2. The summed E-state index contributed by atoms with van der Waals surface area (Å²) in [7, 11) is 0. The van der Waals surface area contributed by atoms with Gasteiger partial charge < -0.3 is 26.3 Å².